The van der Waals surface area contributed by atoms with E-state index in [1.165, 1.54) is 0 Å². The molecule has 0 aliphatic carbocycles. The molecule has 1 rings (SSSR count). The van der Waals surface area contributed by atoms with Gasteiger partial charge >= 0.3 is 5.97 Å². The minimum Gasteiger partial charge on any atom is -0.466 e. The average molecular weight is 296 g/mol. The molecule has 0 bridgehead atoms. The summed E-state index contributed by atoms with van der Waals surface area (Å²) in [5.74, 6) is -4.83. The second-order valence-corrected chi connectivity index (χ2v) is 4.10. The van der Waals surface area contributed by atoms with Crippen LogP contribution in [0.4, 0.5) is 13.2 Å². The van der Waals surface area contributed by atoms with Gasteiger partial charge in [0.2, 0.25) is 0 Å². The van der Waals surface area contributed by atoms with E-state index in [2.05, 4.69) is 4.84 Å². The van der Waals surface area contributed by atoms with E-state index in [1.54, 1.807) is 6.92 Å². The Morgan fingerprint density at radius 2 is 2.11 bits per heavy atom. The fourth-order valence-corrected chi connectivity index (χ4v) is 1.87. The van der Waals surface area contributed by atoms with E-state index in [-0.39, 0.29) is 25.1 Å². The first-order valence-corrected chi connectivity index (χ1v) is 6.00. The van der Waals surface area contributed by atoms with Gasteiger partial charge in [-0.1, -0.05) is 0 Å². The molecule has 0 fully saturated rings. The van der Waals surface area contributed by atoms with E-state index in [9.17, 15) is 18.0 Å². The first kappa shape index (κ1) is 15.8. The largest absolute Gasteiger partial charge is 0.466 e. The van der Waals surface area contributed by atoms with Gasteiger partial charge in [-0.15, -0.1) is 0 Å². The van der Waals surface area contributed by atoms with Crippen LogP contribution in [0.2, 0.25) is 0 Å². The number of nitrogens with one attached hydrogen (secondary N) is 1. The first-order chi connectivity index (χ1) is 8.99. The van der Waals surface area contributed by atoms with Gasteiger partial charge in [-0.05, 0) is 30.3 Å². The van der Waals surface area contributed by atoms with Crippen molar-refractivity contribution < 1.29 is 22.7 Å². The second kappa shape index (κ2) is 7.35. The number of carbonyl (C=O) groups is 1. The molecule has 19 heavy (non-hydrogen) atoms. The average Bonchev–Trinajstić information content (AvgIpc) is 2.33. The molecule has 1 N–H and O–H groups in total. The summed E-state index contributed by atoms with van der Waals surface area (Å²) >= 11 is 5.33. The summed E-state index contributed by atoms with van der Waals surface area (Å²) in [5.41, 5.74) is -0.251. The van der Waals surface area contributed by atoms with E-state index in [1.807, 2.05) is 0 Å². The fourth-order valence-electron chi connectivity index (χ4n) is 1.68. The molecule has 0 saturated carbocycles. The molecule has 0 spiro atoms. The fraction of sp³-hybridized carbons (Fsp3) is 0.417. The number of halogens is 4. The van der Waals surface area contributed by atoms with Crippen molar-refractivity contribution in [1.29, 1.82) is 0 Å². The highest BCUT2D eigenvalue weighted by Gasteiger charge is 2.23. The van der Waals surface area contributed by atoms with Gasteiger partial charge in [0.05, 0.1) is 13.0 Å². The Morgan fingerprint density at radius 1 is 1.42 bits per heavy atom. The van der Waals surface area contributed by atoms with Gasteiger partial charge < -0.3 is 4.74 Å². The molecule has 0 aliphatic heterocycles. The maximum Gasteiger partial charge on any atom is 0.306 e. The topological polar surface area (TPSA) is 38.3 Å². The van der Waals surface area contributed by atoms with Crippen molar-refractivity contribution in [2.24, 2.45) is 0 Å². The predicted molar refractivity (Wildman–Crippen MR) is 64.2 cm³/mol. The summed E-state index contributed by atoms with van der Waals surface area (Å²) < 4.78 is 44.6. The van der Waals surface area contributed by atoms with Crippen LogP contribution in [-0.4, -0.2) is 19.1 Å². The van der Waals surface area contributed by atoms with E-state index in [0.717, 1.165) is 6.07 Å². The van der Waals surface area contributed by atoms with Crippen molar-refractivity contribution in [3.8, 4) is 0 Å². The van der Waals surface area contributed by atoms with E-state index >= 15 is 0 Å². The Hall–Kier alpha value is -1.27. The molecule has 1 unspecified atom stereocenters. The van der Waals surface area contributed by atoms with Crippen molar-refractivity contribution in [3.63, 3.8) is 0 Å². The lowest BCUT2D eigenvalue weighted by Gasteiger charge is -2.16. The van der Waals surface area contributed by atoms with Crippen LogP contribution in [0.5, 0.6) is 0 Å². The Labute approximate surface area is 113 Å². The highest BCUT2D eigenvalue weighted by atomic mass is 35.5. The number of rotatable bonds is 6. The molecule has 0 radical (unpaired) electrons. The van der Waals surface area contributed by atoms with Gasteiger partial charge in [-0.25, -0.2) is 18.0 Å². The van der Waals surface area contributed by atoms with E-state index < -0.39 is 29.3 Å². The molecule has 0 aliphatic rings. The van der Waals surface area contributed by atoms with Crippen LogP contribution in [0, 0.1) is 17.5 Å². The second-order valence-electron chi connectivity index (χ2n) is 3.83. The van der Waals surface area contributed by atoms with E-state index in [4.69, 9.17) is 16.5 Å². The highest BCUT2D eigenvalue weighted by molar-refractivity contribution is 6.13. The van der Waals surface area contributed by atoms with Crippen molar-refractivity contribution in [2.45, 2.75) is 19.3 Å². The number of benzene rings is 1. The number of carbonyl (C=O) groups excluding carboxylic acids is 1. The van der Waals surface area contributed by atoms with Gasteiger partial charge in [0, 0.05) is 18.5 Å². The highest BCUT2D eigenvalue weighted by Crippen LogP contribution is 2.25. The zero-order valence-electron chi connectivity index (χ0n) is 10.2. The molecule has 0 heterocycles. The van der Waals surface area contributed by atoms with Crippen LogP contribution in [0.25, 0.3) is 0 Å². The molecule has 0 amide bonds. The number of esters is 1. The van der Waals surface area contributed by atoms with Crippen LogP contribution < -0.4 is 4.84 Å². The molecular formula is C12H13ClF3NO2. The molecule has 7 heteroatoms. The van der Waals surface area contributed by atoms with Crippen molar-refractivity contribution in [2.75, 3.05) is 13.2 Å². The van der Waals surface area contributed by atoms with Gasteiger partial charge in [0.15, 0.2) is 11.6 Å². The molecule has 1 aromatic carbocycles. The zero-order chi connectivity index (χ0) is 14.4. The maximum atomic E-state index is 13.6. The molecular weight excluding hydrogens is 283 g/mol. The number of ether oxygens (including phenoxy) is 1. The smallest absolute Gasteiger partial charge is 0.306 e. The lowest BCUT2D eigenvalue weighted by molar-refractivity contribution is -0.143. The van der Waals surface area contributed by atoms with Gasteiger partial charge in [-0.2, -0.15) is 0 Å². The quantitative estimate of drug-likeness (QED) is 0.498. The van der Waals surface area contributed by atoms with Crippen LogP contribution in [0.1, 0.15) is 24.8 Å². The lowest BCUT2D eigenvalue weighted by atomic mass is 9.95. The maximum absolute atomic E-state index is 13.6. The molecule has 1 atom stereocenters. The number of hydrogen-bond donors (Lipinski definition) is 1. The Bertz CT molecular complexity index is 457. The summed E-state index contributed by atoms with van der Waals surface area (Å²) in [5, 5.41) is 0. The zero-order valence-corrected chi connectivity index (χ0v) is 10.9. The third-order valence-corrected chi connectivity index (χ3v) is 2.66. The minimum absolute atomic E-state index is 0.0276. The van der Waals surface area contributed by atoms with Gasteiger partial charge in [0.1, 0.15) is 5.82 Å². The van der Waals surface area contributed by atoms with Gasteiger partial charge in [-0.3, -0.25) is 4.79 Å². The summed E-state index contributed by atoms with van der Waals surface area (Å²) in [6.45, 7) is 1.76. The van der Waals surface area contributed by atoms with E-state index in [0.29, 0.717) is 6.07 Å². The Balaban J connectivity index is 3.01. The molecule has 1 aromatic rings. The Kier molecular flexibility index (Phi) is 6.11. The minimum atomic E-state index is -1.31. The Morgan fingerprint density at radius 3 is 2.68 bits per heavy atom. The van der Waals surface area contributed by atoms with Crippen molar-refractivity contribution >= 4 is 17.7 Å². The first-order valence-electron chi connectivity index (χ1n) is 5.63. The monoisotopic (exact) mass is 295 g/mol. The standard InChI is InChI=1S/C12H13ClF3NO2/c1-2-19-11(18)3-7(6-17-13)9-4-8(14)5-10(15)12(9)16/h4-5,7,17H,2-3,6H2,1H3. The van der Waals surface area contributed by atoms with Crippen LogP contribution >= 0.6 is 11.8 Å². The lowest BCUT2D eigenvalue weighted by Crippen LogP contribution is -2.20. The summed E-state index contributed by atoms with van der Waals surface area (Å²) in [7, 11) is 0. The summed E-state index contributed by atoms with van der Waals surface area (Å²) in [6.07, 6.45) is -0.229. The van der Waals surface area contributed by atoms with Crippen LogP contribution in [0.15, 0.2) is 12.1 Å². The van der Waals surface area contributed by atoms with Gasteiger partial charge in [0.25, 0.3) is 0 Å². The predicted octanol–water partition coefficient (Wildman–Crippen LogP) is 2.88. The molecule has 106 valence electrons. The summed E-state index contributed by atoms with van der Waals surface area (Å²) in [6, 6.07) is 1.28. The SMILES string of the molecule is CCOC(=O)CC(CNCl)c1cc(F)cc(F)c1F. The van der Waals surface area contributed by atoms with Crippen molar-refractivity contribution in [1.82, 2.24) is 4.84 Å². The van der Waals surface area contributed by atoms with Crippen molar-refractivity contribution in [3.05, 3.63) is 35.1 Å². The molecule has 0 saturated heterocycles. The van der Waals surface area contributed by atoms with Crippen LogP contribution in [0.3, 0.4) is 0 Å². The third kappa shape index (κ3) is 4.40. The third-order valence-electron chi connectivity index (χ3n) is 2.50. The molecule has 3 nitrogen and oxygen atoms in total. The van der Waals surface area contributed by atoms with Crippen LogP contribution in [-0.2, 0) is 9.53 Å². The number of hydrogen-bond acceptors (Lipinski definition) is 3. The normalized spacial score (nSPS) is 12.3. The molecule has 0 aromatic heterocycles. The summed E-state index contributed by atoms with van der Waals surface area (Å²) in [4.78, 5) is 13.6.